The molecule has 2 heterocycles. The molecule has 0 aliphatic rings. The van der Waals surface area contributed by atoms with Crippen LogP contribution in [0.3, 0.4) is 0 Å². The molecule has 9 heteroatoms. The quantitative estimate of drug-likeness (QED) is 0.353. The number of carbonyl (C=O) groups is 1. The zero-order chi connectivity index (χ0) is 23.9. The van der Waals surface area contributed by atoms with Gasteiger partial charge in [0, 0.05) is 18.8 Å². The average Bonchev–Trinajstić information content (AvgIpc) is 2.82. The number of benzene rings is 2. The lowest BCUT2D eigenvalue weighted by atomic mass is 10.2. The average molecular weight is 478 g/mol. The smallest absolute Gasteiger partial charge is 0.217 e. The van der Waals surface area contributed by atoms with Gasteiger partial charge in [0.2, 0.25) is 5.91 Å². The van der Waals surface area contributed by atoms with Crippen LogP contribution in [0.15, 0.2) is 67.1 Å². The van der Waals surface area contributed by atoms with Gasteiger partial charge in [-0.1, -0.05) is 23.7 Å². The van der Waals surface area contributed by atoms with Gasteiger partial charge in [0.15, 0.2) is 0 Å². The monoisotopic (exact) mass is 477 g/mol. The molecule has 0 bridgehead atoms. The van der Waals surface area contributed by atoms with E-state index >= 15 is 0 Å². The SMILES string of the molecule is CC(=O)NC(C)COc1cccc2ncnc(Nc3ccc(OCc4ccccn4)c(Cl)c3)c12. The number of nitrogens with zero attached hydrogens (tertiary/aromatic N) is 3. The van der Waals surface area contributed by atoms with Crippen molar-refractivity contribution < 1.29 is 14.3 Å². The van der Waals surface area contributed by atoms with Crippen LogP contribution in [0, 0.1) is 0 Å². The second kappa shape index (κ2) is 10.8. The summed E-state index contributed by atoms with van der Waals surface area (Å²) in [5.74, 6) is 1.63. The minimum absolute atomic E-state index is 0.107. The maximum absolute atomic E-state index is 11.3. The van der Waals surface area contributed by atoms with E-state index in [-0.39, 0.29) is 11.9 Å². The van der Waals surface area contributed by atoms with Crippen molar-refractivity contribution in [1.82, 2.24) is 20.3 Å². The molecule has 0 saturated heterocycles. The first kappa shape index (κ1) is 23.3. The Labute approximate surface area is 202 Å². The molecule has 1 atom stereocenters. The van der Waals surface area contributed by atoms with Gasteiger partial charge in [-0.3, -0.25) is 9.78 Å². The fraction of sp³-hybridized carbons (Fsp3) is 0.200. The first-order chi connectivity index (χ1) is 16.5. The summed E-state index contributed by atoms with van der Waals surface area (Å²) in [6.45, 7) is 3.98. The van der Waals surface area contributed by atoms with Crippen molar-refractivity contribution in [3.8, 4) is 11.5 Å². The first-order valence-electron chi connectivity index (χ1n) is 10.7. The largest absolute Gasteiger partial charge is 0.491 e. The molecular formula is C25H24ClN5O3. The molecule has 0 fully saturated rings. The number of halogens is 1. The molecule has 8 nitrogen and oxygen atoms in total. The number of nitrogens with one attached hydrogen (secondary N) is 2. The topological polar surface area (TPSA) is 98.3 Å². The third-order valence-corrected chi connectivity index (χ3v) is 5.15. The summed E-state index contributed by atoms with van der Waals surface area (Å²) in [6, 6.07) is 16.5. The molecular weight excluding hydrogens is 454 g/mol. The van der Waals surface area contributed by atoms with E-state index in [2.05, 4.69) is 25.6 Å². The number of carbonyl (C=O) groups excluding carboxylic acids is 1. The van der Waals surface area contributed by atoms with Crippen molar-refractivity contribution in [3.63, 3.8) is 0 Å². The number of anilines is 2. The van der Waals surface area contributed by atoms with Gasteiger partial charge in [0.25, 0.3) is 0 Å². The molecule has 0 spiro atoms. The summed E-state index contributed by atoms with van der Waals surface area (Å²) in [5.41, 5.74) is 2.27. The van der Waals surface area contributed by atoms with E-state index in [4.69, 9.17) is 21.1 Å². The standard InChI is InChI=1S/C25H24ClN5O3/c1-16(30-17(2)32)13-33-23-8-5-7-21-24(23)25(29-15-28-21)31-18-9-10-22(20(26)12-18)34-14-19-6-3-4-11-27-19/h3-12,15-16H,13-14H2,1-2H3,(H,30,32)(H,28,29,31). The van der Waals surface area contributed by atoms with Crippen LogP contribution in [-0.2, 0) is 11.4 Å². The molecule has 0 radical (unpaired) electrons. The number of pyridine rings is 1. The highest BCUT2D eigenvalue weighted by atomic mass is 35.5. The number of ether oxygens (including phenoxy) is 2. The van der Waals surface area contributed by atoms with Gasteiger partial charge in [-0.15, -0.1) is 0 Å². The number of amides is 1. The summed E-state index contributed by atoms with van der Waals surface area (Å²) in [7, 11) is 0. The van der Waals surface area contributed by atoms with Gasteiger partial charge >= 0.3 is 0 Å². The lowest BCUT2D eigenvalue weighted by molar-refractivity contribution is -0.119. The fourth-order valence-corrected chi connectivity index (χ4v) is 3.60. The highest BCUT2D eigenvalue weighted by molar-refractivity contribution is 6.32. The Hall–Kier alpha value is -3.91. The summed E-state index contributed by atoms with van der Waals surface area (Å²) in [4.78, 5) is 24.3. The number of fused-ring (bicyclic) bond motifs is 1. The normalized spacial score (nSPS) is 11.6. The van der Waals surface area contributed by atoms with Crippen LogP contribution in [-0.4, -0.2) is 33.5 Å². The molecule has 174 valence electrons. The van der Waals surface area contributed by atoms with E-state index in [1.54, 1.807) is 18.3 Å². The zero-order valence-corrected chi connectivity index (χ0v) is 19.5. The van der Waals surface area contributed by atoms with Crippen molar-refractivity contribution >= 4 is 39.9 Å². The zero-order valence-electron chi connectivity index (χ0n) is 18.8. The molecule has 2 aromatic heterocycles. The van der Waals surface area contributed by atoms with Crippen LogP contribution >= 0.6 is 11.6 Å². The van der Waals surface area contributed by atoms with Crippen molar-refractivity contribution in [1.29, 1.82) is 0 Å². The number of hydrogen-bond donors (Lipinski definition) is 2. The molecule has 2 N–H and O–H groups in total. The van der Waals surface area contributed by atoms with E-state index in [1.807, 2.05) is 49.4 Å². The van der Waals surface area contributed by atoms with Crippen LogP contribution < -0.4 is 20.1 Å². The first-order valence-corrected chi connectivity index (χ1v) is 11.1. The van der Waals surface area contributed by atoms with Crippen molar-refractivity contribution in [3.05, 3.63) is 77.8 Å². The van der Waals surface area contributed by atoms with Gasteiger partial charge in [0.1, 0.15) is 36.9 Å². The third kappa shape index (κ3) is 5.90. The Balaban J connectivity index is 1.52. The maximum atomic E-state index is 11.3. The predicted octanol–water partition coefficient (Wildman–Crippen LogP) is 4.90. The predicted molar refractivity (Wildman–Crippen MR) is 132 cm³/mol. The lowest BCUT2D eigenvalue weighted by Crippen LogP contribution is -2.35. The van der Waals surface area contributed by atoms with E-state index < -0.39 is 0 Å². The van der Waals surface area contributed by atoms with Crippen molar-refractivity contribution in [2.24, 2.45) is 0 Å². The molecule has 4 aromatic rings. The minimum atomic E-state index is -0.147. The maximum Gasteiger partial charge on any atom is 0.217 e. The summed E-state index contributed by atoms with van der Waals surface area (Å²) in [6.07, 6.45) is 3.21. The second-order valence-electron chi connectivity index (χ2n) is 7.67. The number of rotatable bonds is 9. The Bertz CT molecular complexity index is 1280. The number of hydrogen-bond acceptors (Lipinski definition) is 7. The van der Waals surface area contributed by atoms with E-state index in [0.717, 1.165) is 22.3 Å². The van der Waals surface area contributed by atoms with Gasteiger partial charge in [-0.2, -0.15) is 0 Å². The molecule has 1 unspecified atom stereocenters. The summed E-state index contributed by atoms with van der Waals surface area (Å²) in [5, 5.41) is 7.29. The van der Waals surface area contributed by atoms with Gasteiger partial charge in [-0.05, 0) is 49.4 Å². The van der Waals surface area contributed by atoms with Gasteiger partial charge < -0.3 is 20.1 Å². The minimum Gasteiger partial charge on any atom is -0.491 e. The van der Waals surface area contributed by atoms with Gasteiger partial charge in [0.05, 0.1) is 27.7 Å². The van der Waals surface area contributed by atoms with Crippen LogP contribution in [0.4, 0.5) is 11.5 Å². The van der Waals surface area contributed by atoms with Crippen LogP contribution in [0.5, 0.6) is 11.5 Å². The molecule has 0 saturated carbocycles. The van der Waals surface area contributed by atoms with Crippen LogP contribution in [0.2, 0.25) is 5.02 Å². The van der Waals surface area contributed by atoms with Crippen LogP contribution in [0.1, 0.15) is 19.5 Å². The Morgan fingerprint density at radius 2 is 1.91 bits per heavy atom. The van der Waals surface area contributed by atoms with Crippen LogP contribution in [0.25, 0.3) is 10.9 Å². The molecule has 0 aliphatic carbocycles. The lowest BCUT2D eigenvalue weighted by Gasteiger charge is -2.16. The van der Waals surface area contributed by atoms with Crippen molar-refractivity contribution in [2.45, 2.75) is 26.5 Å². The molecule has 1 amide bonds. The van der Waals surface area contributed by atoms with E-state index in [1.165, 1.54) is 13.3 Å². The summed E-state index contributed by atoms with van der Waals surface area (Å²) < 4.78 is 11.8. The third-order valence-electron chi connectivity index (χ3n) is 4.86. The fourth-order valence-electron chi connectivity index (χ4n) is 3.36. The second-order valence-corrected chi connectivity index (χ2v) is 8.07. The molecule has 2 aromatic carbocycles. The molecule has 34 heavy (non-hydrogen) atoms. The Kier molecular flexibility index (Phi) is 7.39. The van der Waals surface area contributed by atoms with E-state index in [0.29, 0.717) is 35.6 Å². The highest BCUT2D eigenvalue weighted by Crippen LogP contribution is 2.34. The van der Waals surface area contributed by atoms with E-state index in [9.17, 15) is 4.79 Å². The molecule has 4 rings (SSSR count). The Morgan fingerprint density at radius 3 is 2.68 bits per heavy atom. The Morgan fingerprint density at radius 1 is 1.03 bits per heavy atom. The summed E-state index contributed by atoms with van der Waals surface area (Å²) >= 11 is 6.46. The van der Waals surface area contributed by atoms with Crippen molar-refractivity contribution in [2.75, 3.05) is 11.9 Å². The highest BCUT2D eigenvalue weighted by Gasteiger charge is 2.13. The van der Waals surface area contributed by atoms with Gasteiger partial charge in [-0.25, -0.2) is 9.97 Å². The molecule has 0 aliphatic heterocycles. The number of aromatic nitrogens is 3.